The van der Waals surface area contributed by atoms with E-state index in [1.165, 1.54) is 5.56 Å². The molecule has 1 saturated carbocycles. The van der Waals surface area contributed by atoms with Crippen LogP contribution in [-0.2, 0) is 10.2 Å². The zero-order valence-electron chi connectivity index (χ0n) is 13.8. The van der Waals surface area contributed by atoms with Crippen molar-refractivity contribution >= 4 is 27.9 Å². The van der Waals surface area contributed by atoms with Gasteiger partial charge in [-0.05, 0) is 36.8 Å². The number of urea groups is 1. The number of nitrogens with one attached hydrogen (secondary N) is 1. The van der Waals surface area contributed by atoms with Crippen LogP contribution in [0.3, 0.4) is 0 Å². The largest absolute Gasteiger partial charge is 0.481 e. The van der Waals surface area contributed by atoms with Gasteiger partial charge >= 0.3 is 12.0 Å². The molecule has 2 aliphatic rings. The van der Waals surface area contributed by atoms with Gasteiger partial charge in [-0.3, -0.25) is 4.79 Å². The standard InChI is InChI=1S/C18H23BrN2O3/c1-12-8-13(16(22)23)10-21(9-12)17(24)20-11-18(6-7-18)14-4-2-3-5-15(14)19/h2-5,12-13H,6-11H2,1H3,(H,20,24)(H,22,23). The van der Waals surface area contributed by atoms with Crippen molar-refractivity contribution in [2.24, 2.45) is 11.8 Å². The predicted octanol–water partition coefficient (Wildman–Crippen LogP) is 3.23. The number of carbonyl (C=O) groups is 2. The minimum Gasteiger partial charge on any atom is -0.481 e. The summed E-state index contributed by atoms with van der Waals surface area (Å²) in [4.78, 5) is 25.4. The molecule has 1 aromatic carbocycles. The van der Waals surface area contributed by atoms with Crippen molar-refractivity contribution in [3.63, 3.8) is 0 Å². The van der Waals surface area contributed by atoms with Gasteiger partial charge in [0.2, 0.25) is 0 Å². The molecule has 6 heteroatoms. The minimum absolute atomic E-state index is 0.0172. The normalized spacial score (nSPS) is 25.2. The highest BCUT2D eigenvalue weighted by atomic mass is 79.9. The maximum Gasteiger partial charge on any atom is 0.317 e. The summed E-state index contributed by atoms with van der Waals surface area (Å²) < 4.78 is 1.08. The van der Waals surface area contributed by atoms with Gasteiger partial charge in [-0.15, -0.1) is 0 Å². The first-order chi connectivity index (χ1) is 11.4. The third-order valence-electron chi connectivity index (χ3n) is 5.17. The van der Waals surface area contributed by atoms with Gasteiger partial charge in [-0.2, -0.15) is 0 Å². The Morgan fingerprint density at radius 3 is 2.67 bits per heavy atom. The number of hydrogen-bond donors (Lipinski definition) is 2. The second kappa shape index (κ2) is 6.75. The molecule has 0 aromatic heterocycles. The molecular weight excluding hydrogens is 372 g/mol. The van der Waals surface area contributed by atoms with Crippen LogP contribution in [0.25, 0.3) is 0 Å². The fourth-order valence-electron chi connectivity index (χ4n) is 3.64. The topological polar surface area (TPSA) is 69.6 Å². The Bertz CT molecular complexity index is 645. The highest BCUT2D eigenvalue weighted by Gasteiger charge is 2.45. The van der Waals surface area contributed by atoms with Crippen LogP contribution in [0.2, 0.25) is 0 Å². The summed E-state index contributed by atoms with van der Waals surface area (Å²) in [6, 6.07) is 7.99. The van der Waals surface area contributed by atoms with Gasteiger partial charge in [0.1, 0.15) is 0 Å². The van der Waals surface area contributed by atoms with Crippen LogP contribution in [0.5, 0.6) is 0 Å². The highest BCUT2D eigenvalue weighted by molar-refractivity contribution is 9.10. The number of hydrogen-bond acceptors (Lipinski definition) is 2. The third-order valence-corrected chi connectivity index (χ3v) is 5.86. The molecule has 5 nitrogen and oxygen atoms in total. The lowest BCUT2D eigenvalue weighted by molar-refractivity contribution is -0.143. The second-order valence-electron chi connectivity index (χ2n) is 7.20. The van der Waals surface area contributed by atoms with Gasteiger partial charge < -0.3 is 15.3 Å². The lowest BCUT2D eigenvalue weighted by atomic mass is 9.91. The quantitative estimate of drug-likeness (QED) is 0.823. The molecule has 2 amide bonds. The Labute approximate surface area is 150 Å². The van der Waals surface area contributed by atoms with Crippen molar-refractivity contribution in [1.29, 1.82) is 0 Å². The van der Waals surface area contributed by atoms with Gasteiger partial charge in [0, 0.05) is 29.5 Å². The maximum atomic E-state index is 12.5. The highest BCUT2D eigenvalue weighted by Crippen LogP contribution is 2.49. The molecule has 130 valence electrons. The van der Waals surface area contributed by atoms with E-state index in [-0.39, 0.29) is 17.4 Å². The zero-order chi connectivity index (χ0) is 17.3. The first-order valence-corrected chi connectivity index (χ1v) is 9.21. The van der Waals surface area contributed by atoms with Crippen LogP contribution in [0.15, 0.2) is 28.7 Å². The van der Waals surface area contributed by atoms with Gasteiger partial charge in [-0.1, -0.05) is 41.1 Å². The average Bonchev–Trinajstić information content (AvgIpc) is 3.33. The van der Waals surface area contributed by atoms with Crippen LogP contribution in [-0.4, -0.2) is 41.6 Å². The van der Waals surface area contributed by atoms with Crippen molar-refractivity contribution in [1.82, 2.24) is 10.2 Å². The van der Waals surface area contributed by atoms with Crippen LogP contribution in [0, 0.1) is 11.8 Å². The zero-order valence-corrected chi connectivity index (χ0v) is 15.4. The van der Waals surface area contributed by atoms with Crippen molar-refractivity contribution in [3.8, 4) is 0 Å². The first-order valence-electron chi connectivity index (χ1n) is 8.42. The second-order valence-corrected chi connectivity index (χ2v) is 8.05. The Hall–Kier alpha value is -1.56. The molecule has 1 saturated heterocycles. The summed E-state index contributed by atoms with van der Waals surface area (Å²) in [6.07, 6.45) is 2.76. The van der Waals surface area contributed by atoms with E-state index in [9.17, 15) is 14.7 Å². The van der Waals surface area contributed by atoms with Crippen molar-refractivity contribution in [3.05, 3.63) is 34.3 Å². The molecule has 1 heterocycles. The molecule has 0 bridgehead atoms. The van der Waals surface area contributed by atoms with Crippen molar-refractivity contribution < 1.29 is 14.7 Å². The maximum absolute atomic E-state index is 12.5. The molecule has 2 atom stereocenters. The van der Waals surface area contributed by atoms with Gasteiger partial charge in [0.05, 0.1) is 5.92 Å². The van der Waals surface area contributed by atoms with E-state index < -0.39 is 11.9 Å². The molecule has 2 N–H and O–H groups in total. The molecule has 0 radical (unpaired) electrons. The molecule has 1 aromatic rings. The number of benzene rings is 1. The summed E-state index contributed by atoms with van der Waals surface area (Å²) in [6.45, 7) is 3.51. The lowest BCUT2D eigenvalue weighted by Crippen LogP contribution is -2.50. The van der Waals surface area contributed by atoms with Gasteiger partial charge in [-0.25, -0.2) is 4.79 Å². The number of carboxylic acid groups (broad SMARTS) is 1. The van der Waals surface area contributed by atoms with E-state index in [2.05, 4.69) is 27.3 Å². The molecule has 1 aliphatic carbocycles. The SMILES string of the molecule is CC1CC(C(=O)O)CN(C(=O)NCC2(c3ccccc3Br)CC2)C1. The number of piperidine rings is 1. The molecule has 2 fully saturated rings. The van der Waals surface area contributed by atoms with E-state index in [1.807, 2.05) is 25.1 Å². The Kier molecular flexibility index (Phi) is 4.85. The van der Waals surface area contributed by atoms with E-state index >= 15 is 0 Å². The summed E-state index contributed by atoms with van der Waals surface area (Å²) in [5.74, 6) is -1.06. The summed E-state index contributed by atoms with van der Waals surface area (Å²) in [5.41, 5.74) is 1.25. The first kappa shape index (κ1) is 17.3. The number of carbonyl (C=O) groups excluding carboxylic acids is 1. The lowest BCUT2D eigenvalue weighted by Gasteiger charge is -2.35. The molecule has 3 rings (SSSR count). The Morgan fingerprint density at radius 2 is 2.04 bits per heavy atom. The van der Waals surface area contributed by atoms with Crippen LogP contribution < -0.4 is 5.32 Å². The number of rotatable bonds is 4. The van der Waals surface area contributed by atoms with E-state index in [0.717, 1.165) is 17.3 Å². The summed E-state index contributed by atoms with van der Waals surface area (Å²) in [5, 5.41) is 12.3. The molecular formula is C18H23BrN2O3. The number of likely N-dealkylation sites (tertiary alicyclic amines) is 1. The van der Waals surface area contributed by atoms with Gasteiger partial charge in [0.15, 0.2) is 0 Å². The number of nitrogens with zero attached hydrogens (tertiary/aromatic N) is 1. The van der Waals surface area contributed by atoms with E-state index in [4.69, 9.17) is 0 Å². The Balaban J connectivity index is 1.61. The van der Waals surface area contributed by atoms with Crippen molar-refractivity contribution in [2.45, 2.75) is 31.6 Å². The molecule has 2 unspecified atom stereocenters. The smallest absolute Gasteiger partial charge is 0.317 e. The van der Waals surface area contributed by atoms with Crippen molar-refractivity contribution in [2.75, 3.05) is 19.6 Å². The number of aliphatic carboxylic acids is 1. The Morgan fingerprint density at radius 1 is 1.33 bits per heavy atom. The summed E-state index contributed by atoms with van der Waals surface area (Å²) >= 11 is 3.60. The predicted molar refractivity (Wildman–Crippen MR) is 94.9 cm³/mol. The van der Waals surface area contributed by atoms with E-state index in [1.54, 1.807) is 4.90 Å². The van der Waals surface area contributed by atoms with Crippen LogP contribution in [0.1, 0.15) is 31.7 Å². The molecule has 1 aliphatic heterocycles. The molecule has 24 heavy (non-hydrogen) atoms. The number of amides is 2. The number of halogens is 1. The van der Waals surface area contributed by atoms with E-state index in [0.29, 0.717) is 26.1 Å². The van der Waals surface area contributed by atoms with Crippen LogP contribution >= 0.6 is 15.9 Å². The monoisotopic (exact) mass is 394 g/mol. The van der Waals surface area contributed by atoms with Crippen LogP contribution in [0.4, 0.5) is 4.79 Å². The minimum atomic E-state index is -0.814. The summed E-state index contributed by atoms with van der Waals surface area (Å²) in [7, 11) is 0. The average molecular weight is 395 g/mol. The third kappa shape index (κ3) is 3.58. The fraction of sp³-hybridized carbons (Fsp3) is 0.556. The fourth-order valence-corrected chi connectivity index (χ4v) is 4.34. The number of carboxylic acids is 1. The van der Waals surface area contributed by atoms with Gasteiger partial charge in [0.25, 0.3) is 0 Å². The molecule has 0 spiro atoms.